The number of phenolic OH excluding ortho intramolecular Hbond substituents is 2. The summed E-state index contributed by atoms with van der Waals surface area (Å²) in [6.07, 6.45) is 8.88. The van der Waals surface area contributed by atoms with Crippen LogP contribution >= 0.6 is 0 Å². The highest BCUT2D eigenvalue weighted by molar-refractivity contribution is 6.34. The van der Waals surface area contributed by atoms with Gasteiger partial charge in [0.05, 0.1) is 31.5 Å². The number of hydrogen-bond donors (Lipinski definition) is 2. The van der Waals surface area contributed by atoms with Crippen LogP contribution in [0.5, 0.6) is 28.7 Å². The smallest absolute Gasteiger partial charge is 0.243 e. The molecular formula is C41H49N7O5. The van der Waals surface area contributed by atoms with Crippen molar-refractivity contribution in [2.24, 2.45) is 41.8 Å². The van der Waals surface area contributed by atoms with E-state index in [1.165, 1.54) is 0 Å². The maximum absolute atomic E-state index is 11.2. The summed E-state index contributed by atoms with van der Waals surface area (Å²) in [5.41, 5.74) is 1.48. The number of rotatable bonds is 18. The maximum atomic E-state index is 11.2. The molecule has 0 fully saturated rings. The molecule has 3 heterocycles. The number of phenols is 2. The van der Waals surface area contributed by atoms with Crippen LogP contribution < -0.4 is 14.2 Å². The Morgan fingerprint density at radius 3 is 1.42 bits per heavy atom. The van der Waals surface area contributed by atoms with Crippen LogP contribution in [0.4, 0.5) is 0 Å². The molecule has 0 spiro atoms. The van der Waals surface area contributed by atoms with Gasteiger partial charge in [0.15, 0.2) is 17.5 Å². The number of guanidine groups is 3. The molecule has 0 amide bonds. The second-order valence-electron chi connectivity index (χ2n) is 13.4. The van der Waals surface area contributed by atoms with Crippen molar-refractivity contribution in [3.05, 3.63) is 77.4 Å². The molecule has 0 aromatic heterocycles. The molecule has 2 unspecified atom stereocenters. The topological polar surface area (TPSA) is 146 Å². The monoisotopic (exact) mass is 719 g/mol. The second-order valence-corrected chi connectivity index (χ2v) is 13.4. The Morgan fingerprint density at radius 1 is 0.566 bits per heavy atom. The molecule has 3 aliphatic rings. The Morgan fingerprint density at radius 2 is 1.00 bits per heavy atom. The summed E-state index contributed by atoms with van der Waals surface area (Å²) in [5, 5.41) is 22.4. The molecule has 278 valence electrons. The molecule has 12 nitrogen and oxygen atoms in total. The molecule has 3 aromatic carbocycles. The summed E-state index contributed by atoms with van der Waals surface area (Å²) in [4.78, 5) is 30.1. The first kappa shape index (κ1) is 37.2. The van der Waals surface area contributed by atoms with E-state index in [-0.39, 0.29) is 41.0 Å². The van der Waals surface area contributed by atoms with Crippen LogP contribution in [0.1, 0.15) is 95.8 Å². The highest BCUT2D eigenvalue weighted by atomic mass is 16.5. The number of unbranched alkanes of at least 4 members (excludes halogenated alkanes) is 2. The van der Waals surface area contributed by atoms with Crippen molar-refractivity contribution < 1.29 is 24.4 Å². The van der Waals surface area contributed by atoms with Crippen molar-refractivity contribution in [3.63, 3.8) is 0 Å². The number of aliphatic imine (C=N–C) groups is 6. The molecule has 3 aliphatic heterocycles. The van der Waals surface area contributed by atoms with Gasteiger partial charge in [-0.1, -0.05) is 66.2 Å². The van der Waals surface area contributed by atoms with Gasteiger partial charge >= 0.3 is 0 Å². The molecule has 2 N–H and O–H groups in total. The zero-order valence-corrected chi connectivity index (χ0v) is 31.2. The molecule has 0 saturated carbocycles. The van der Waals surface area contributed by atoms with Crippen LogP contribution in [0.25, 0.3) is 0 Å². The summed E-state index contributed by atoms with van der Waals surface area (Å²) in [5.74, 6) is 4.07. The van der Waals surface area contributed by atoms with E-state index in [0.717, 1.165) is 51.4 Å². The molecule has 6 rings (SSSR count). The Labute approximate surface area is 311 Å². The highest BCUT2D eigenvalue weighted by Crippen LogP contribution is 2.31. The Bertz CT molecular complexity index is 1900. The van der Waals surface area contributed by atoms with E-state index >= 15 is 0 Å². The van der Waals surface area contributed by atoms with Gasteiger partial charge in [0.25, 0.3) is 0 Å². The third-order valence-corrected chi connectivity index (χ3v) is 9.66. The summed E-state index contributed by atoms with van der Waals surface area (Å²) in [7, 11) is 1.61. The lowest BCUT2D eigenvalue weighted by Gasteiger charge is -2.30. The normalized spacial score (nSPS) is 15.9. The molecular weight excluding hydrogens is 670 g/mol. The van der Waals surface area contributed by atoms with E-state index in [9.17, 15) is 10.2 Å². The quantitative estimate of drug-likeness (QED) is 0.135. The maximum Gasteiger partial charge on any atom is 0.243 e. The second kappa shape index (κ2) is 17.3. The SMILES string of the molecule is CCCCC(CC)COc1ccc(C2=NC3=NC(c4ccc(OC)cc4)=NC4=NC(c5ccc(OCC(CC)CCCC)cc5O)=NC(=N2)N34)c(O)c1. The largest absolute Gasteiger partial charge is 0.507 e. The number of benzene rings is 3. The van der Waals surface area contributed by atoms with Gasteiger partial charge in [-0.3, -0.25) is 0 Å². The van der Waals surface area contributed by atoms with Crippen molar-refractivity contribution in [1.82, 2.24) is 4.90 Å². The third-order valence-electron chi connectivity index (χ3n) is 9.66. The van der Waals surface area contributed by atoms with E-state index < -0.39 is 0 Å². The standard InChI is InChI=1S/C41H49N7O5/c1-6-10-12-26(8-3)24-52-30-18-20-32(34(49)22-30)37-44-39-42-36(28-14-16-29(51-5)17-15-28)43-40-45-38(47-41(46-37)48(39)40)33-21-19-31(23-35(33)50)53-25-27(9-4)13-11-7-2/h14-23,26-27,49-50H,6-13,24-25H2,1-5H3. The van der Waals surface area contributed by atoms with Crippen LogP contribution in [-0.4, -0.2) is 70.8 Å². The van der Waals surface area contributed by atoms with E-state index in [2.05, 4.69) is 27.7 Å². The highest BCUT2D eigenvalue weighted by Gasteiger charge is 2.36. The minimum Gasteiger partial charge on any atom is -0.507 e. The molecule has 53 heavy (non-hydrogen) atoms. The van der Waals surface area contributed by atoms with Crippen molar-refractivity contribution >= 4 is 35.4 Å². The van der Waals surface area contributed by atoms with Gasteiger partial charge < -0.3 is 24.4 Å². The number of hydrogen-bond acceptors (Lipinski definition) is 12. The Kier molecular flexibility index (Phi) is 12.2. The molecule has 2 atom stereocenters. The van der Waals surface area contributed by atoms with Crippen molar-refractivity contribution in [2.75, 3.05) is 20.3 Å². The molecule has 0 bridgehead atoms. The van der Waals surface area contributed by atoms with Gasteiger partial charge in [-0.25, -0.2) is 4.90 Å². The van der Waals surface area contributed by atoms with E-state index in [1.807, 2.05) is 24.3 Å². The van der Waals surface area contributed by atoms with Gasteiger partial charge in [-0.05, 0) is 73.2 Å². The van der Waals surface area contributed by atoms with Gasteiger partial charge in [-0.15, -0.1) is 0 Å². The predicted molar refractivity (Wildman–Crippen MR) is 211 cm³/mol. The van der Waals surface area contributed by atoms with E-state index in [0.29, 0.717) is 64.8 Å². The lowest BCUT2D eigenvalue weighted by molar-refractivity contribution is 0.232. The lowest BCUT2D eigenvalue weighted by atomic mass is 10.0. The number of aromatic hydroxyl groups is 2. The first-order valence-corrected chi connectivity index (χ1v) is 18.7. The fourth-order valence-corrected chi connectivity index (χ4v) is 6.20. The molecule has 12 heteroatoms. The van der Waals surface area contributed by atoms with Gasteiger partial charge in [0, 0.05) is 17.7 Å². The van der Waals surface area contributed by atoms with Crippen LogP contribution in [0.15, 0.2) is 90.6 Å². The number of ether oxygens (including phenoxy) is 3. The fourth-order valence-electron chi connectivity index (χ4n) is 6.20. The Hall–Kier alpha value is -5.52. The zero-order chi connectivity index (χ0) is 37.3. The summed E-state index contributed by atoms with van der Waals surface area (Å²) in [6.45, 7) is 9.88. The van der Waals surface area contributed by atoms with Gasteiger partial charge in [0.2, 0.25) is 17.9 Å². The number of amidine groups is 3. The molecule has 0 saturated heterocycles. The van der Waals surface area contributed by atoms with E-state index in [4.69, 9.17) is 44.2 Å². The number of methoxy groups -OCH3 is 1. The van der Waals surface area contributed by atoms with Crippen LogP contribution in [0.2, 0.25) is 0 Å². The van der Waals surface area contributed by atoms with Crippen molar-refractivity contribution in [1.29, 1.82) is 0 Å². The van der Waals surface area contributed by atoms with Crippen LogP contribution in [0, 0.1) is 11.8 Å². The minimum absolute atomic E-state index is 0.0387. The minimum atomic E-state index is -0.0387. The van der Waals surface area contributed by atoms with Crippen LogP contribution in [0.3, 0.4) is 0 Å². The Balaban J connectivity index is 1.33. The van der Waals surface area contributed by atoms with Crippen molar-refractivity contribution in [3.8, 4) is 28.7 Å². The summed E-state index contributed by atoms with van der Waals surface area (Å²) in [6, 6.07) is 17.6. The van der Waals surface area contributed by atoms with Gasteiger partial charge in [0.1, 0.15) is 28.7 Å². The predicted octanol–water partition coefficient (Wildman–Crippen LogP) is 8.35. The zero-order valence-electron chi connectivity index (χ0n) is 31.2. The average molecular weight is 720 g/mol. The van der Waals surface area contributed by atoms with Crippen LogP contribution in [-0.2, 0) is 0 Å². The lowest BCUT2D eigenvalue weighted by Crippen LogP contribution is -2.48. The first-order valence-electron chi connectivity index (χ1n) is 18.7. The summed E-state index contributed by atoms with van der Waals surface area (Å²) >= 11 is 0. The first-order chi connectivity index (χ1) is 25.8. The van der Waals surface area contributed by atoms with Gasteiger partial charge in [-0.2, -0.15) is 30.0 Å². The summed E-state index contributed by atoms with van der Waals surface area (Å²) < 4.78 is 17.5. The number of nitrogens with zero attached hydrogens (tertiary/aromatic N) is 7. The fraction of sp³-hybridized carbons (Fsp3) is 0.415. The van der Waals surface area contributed by atoms with E-state index in [1.54, 1.807) is 48.4 Å². The third kappa shape index (κ3) is 8.76. The molecule has 0 radical (unpaired) electrons. The average Bonchev–Trinajstić information content (AvgIpc) is 3.17. The molecule has 0 aliphatic carbocycles. The molecule has 3 aromatic rings. The van der Waals surface area contributed by atoms with Crippen molar-refractivity contribution in [2.45, 2.75) is 79.1 Å².